The number of hydrogen-bond acceptors (Lipinski definition) is 2. The van der Waals surface area contributed by atoms with Crippen molar-refractivity contribution in [3.05, 3.63) is 19.2 Å². The van der Waals surface area contributed by atoms with E-state index in [0.717, 1.165) is 3.79 Å². The summed E-state index contributed by atoms with van der Waals surface area (Å²) >= 11 is 7.71. The van der Waals surface area contributed by atoms with Crippen LogP contribution in [-0.2, 0) is 0 Å². The Labute approximate surface area is 106 Å². The van der Waals surface area contributed by atoms with Gasteiger partial charge in [-0.2, -0.15) is 13.2 Å². The van der Waals surface area contributed by atoms with E-state index < -0.39 is 18.7 Å². The quantitative estimate of drug-likeness (QED) is 0.824. The summed E-state index contributed by atoms with van der Waals surface area (Å²) in [6.45, 7) is 0. The van der Waals surface area contributed by atoms with Gasteiger partial charge in [0.2, 0.25) is 0 Å². The standard InChI is InChI=1S/C8H7Br2F3OS/c9-6-3-4(7(10)15-6)5(14)1-2-8(11,12)13/h3,5,14H,1-2H2. The van der Waals surface area contributed by atoms with Crippen LogP contribution in [0.15, 0.2) is 13.6 Å². The zero-order chi connectivity index (χ0) is 11.6. The number of hydrogen-bond donors (Lipinski definition) is 1. The molecular formula is C8H7Br2F3OS. The molecule has 1 nitrogen and oxygen atoms in total. The van der Waals surface area contributed by atoms with E-state index in [-0.39, 0.29) is 6.42 Å². The highest BCUT2D eigenvalue weighted by molar-refractivity contribution is 9.12. The van der Waals surface area contributed by atoms with Gasteiger partial charge in [0.25, 0.3) is 0 Å². The molecular weight excluding hydrogens is 361 g/mol. The summed E-state index contributed by atoms with van der Waals surface area (Å²) in [7, 11) is 0. The van der Waals surface area contributed by atoms with Crippen molar-refractivity contribution < 1.29 is 18.3 Å². The smallest absolute Gasteiger partial charge is 0.388 e. The number of alkyl halides is 3. The van der Waals surface area contributed by atoms with Crippen molar-refractivity contribution >= 4 is 43.2 Å². The number of aliphatic hydroxyl groups is 1. The lowest BCUT2D eigenvalue weighted by Gasteiger charge is -2.11. The van der Waals surface area contributed by atoms with E-state index in [1.165, 1.54) is 11.3 Å². The molecule has 0 amide bonds. The minimum atomic E-state index is -4.22. The Hall–Kier alpha value is 0.410. The van der Waals surface area contributed by atoms with Crippen molar-refractivity contribution in [3.8, 4) is 0 Å². The molecule has 0 aromatic carbocycles. The maximum Gasteiger partial charge on any atom is 0.389 e. The van der Waals surface area contributed by atoms with Gasteiger partial charge in [0.15, 0.2) is 0 Å². The molecule has 0 aliphatic heterocycles. The van der Waals surface area contributed by atoms with Crippen LogP contribution in [0.2, 0.25) is 0 Å². The Morgan fingerprint density at radius 3 is 2.40 bits per heavy atom. The molecule has 1 rings (SSSR count). The van der Waals surface area contributed by atoms with Gasteiger partial charge in [-0.3, -0.25) is 0 Å². The van der Waals surface area contributed by atoms with Crippen LogP contribution >= 0.6 is 43.2 Å². The number of rotatable bonds is 3. The van der Waals surface area contributed by atoms with Crippen molar-refractivity contribution in [1.29, 1.82) is 0 Å². The monoisotopic (exact) mass is 366 g/mol. The van der Waals surface area contributed by atoms with Crippen LogP contribution in [0.4, 0.5) is 13.2 Å². The molecule has 0 saturated heterocycles. The van der Waals surface area contributed by atoms with E-state index >= 15 is 0 Å². The Balaban J connectivity index is 2.61. The van der Waals surface area contributed by atoms with Gasteiger partial charge in [-0.05, 0) is 44.3 Å². The fraction of sp³-hybridized carbons (Fsp3) is 0.500. The third kappa shape index (κ3) is 4.42. The molecule has 0 aliphatic carbocycles. The lowest BCUT2D eigenvalue weighted by Crippen LogP contribution is -2.09. The first-order valence-electron chi connectivity index (χ1n) is 3.99. The van der Waals surface area contributed by atoms with Gasteiger partial charge < -0.3 is 5.11 Å². The molecule has 0 aliphatic rings. The molecule has 1 unspecified atom stereocenters. The molecule has 0 radical (unpaired) electrons. The summed E-state index contributed by atoms with van der Waals surface area (Å²) < 4.78 is 37.2. The molecule has 1 N–H and O–H groups in total. The summed E-state index contributed by atoms with van der Waals surface area (Å²) in [5, 5.41) is 9.53. The number of halogens is 5. The predicted octanol–water partition coefficient (Wildman–Crippen LogP) is 4.65. The van der Waals surface area contributed by atoms with Gasteiger partial charge in [0, 0.05) is 12.0 Å². The minimum absolute atomic E-state index is 0.314. The Morgan fingerprint density at radius 2 is 2.00 bits per heavy atom. The van der Waals surface area contributed by atoms with Crippen LogP contribution in [0.3, 0.4) is 0 Å². The van der Waals surface area contributed by atoms with Gasteiger partial charge in [-0.25, -0.2) is 0 Å². The fourth-order valence-corrected chi connectivity index (χ4v) is 3.99. The maximum absolute atomic E-state index is 11.9. The minimum Gasteiger partial charge on any atom is -0.388 e. The van der Waals surface area contributed by atoms with Gasteiger partial charge in [0.1, 0.15) is 0 Å². The van der Waals surface area contributed by atoms with Crippen molar-refractivity contribution in [1.82, 2.24) is 0 Å². The molecule has 86 valence electrons. The van der Waals surface area contributed by atoms with Crippen LogP contribution in [0.25, 0.3) is 0 Å². The molecule has 0 fully saturated rings. The van der Waals surface area contributed by atoms with Gasteiger partial charge >= 0.3 is 6.18 Å². The lowest BCUT2D eigenvalue weighted by molar-refractivity contribution is -0.140. The van der Waals surface area contributed by atoms with Crippen LogP contribution in [-0.4, -0.2) is 11.3 Å². The highest BCUT2D eigenvalue weighted by Crippen LogP contribution is 2.38. The van der Waals surface area contributed by atoms with Crippen LogP contribution in [0.5, 0.6) is 0 Å². The third-order valence-electron chi connectivity index (χ3n) is 1.74. The molecule has 1 aromatic rings. The summed E-state index contributed by atoms with van der Waals surface area (Å²) in [6.07, 6.45) is -6.59. The van der Waals surface area contributed by atoms with E-state index in [9.17, 15) is 18.3 Å². The summed E-state index contributed by atoms with van der Waals surface area (Å²) in [5.74, 6) is 0. The summed E-state index contributed by atoms with van der Waals surface area (Å²) in [4.78, 5) is 0. The van der Waals surface area contributed by atoms with E-state index in [2.05, 4.69) is 31.9 Å². The lowest BCUT2D eigenvalue weighted by atomic mass is 10.1. The molecule has 0 bridgehead atoms. The molecule has 15 heavy (non-hydrogen) atoms. The van der Waals surface area contributed by atoms with E-state index in [1.54, 1.807) is 6.07 Å². The summed E-state index contributed by atoms with van der Waals surface area (Å²) in [5.41, 5.74) is 0.496. The largest absolute Gasteiger partial charge is 0.389 e. The molecule has 1 atom stereocenters. The highest BCUT2D eigenvalue weighted by Gasteiger charge is 2.28. The first kappa shape index (κ1) is 13.5. The SMILES string of the molecule is OC(CCC(F)(F)F)c1cc(Br)sc1Br. The number of thiophene rings is 1. The zero-order valence-electron chi connectivity index (χ0n) is 7.31. The predicted molar refractivity (Wildman–Crippen MR) is 60.0 cm³/mol. The molecule has 1 aromatic heterocycles. The van der Waals surface area contributed by atoms with E-state index in [0.29, 0.717) is 9.35 Å². The van der Waals surface area contributed by atoms with Crippen molar-refractivity contribution in [2.75, 3.05) is 0 Å². The first-order valence-corrected chi connectivity index (χ1v) is 6.39. The van der Waals surface area contributed by atoms with Gasteiger partial charge in [-0.15, -0.1) is 11.3 Å². The second-order valence-electron chi connectivity index (χ2n) is 2.95. The van der Waals surface area contributed by atoms with Gasteiger partial charge in [-0.1, -0.05) is 0 Å². The second kappa shape index (κ2) is 5.16. The van der Waals surface area contributed by atoms with E-state index in [4.69, 9.17) is 0 Å². The number of aliphatic hydroxyl groups excluding tert-OH is 1. The highest BCUT2D eigenvalue weighted by atomic mass is 79.9. The Kier molecular flexibility index (Phi) is 4.64. The molecule has 1 heterocycles. The normalized spacial score (nSPS) is 14.3. The molecule has 0 spiro atoms. The van der Waals surface area contributed by atoms with Crippen molar-refractivity contribution in [2.45, 2.75) is 25.1 Å². The third-order valence-corrected chi connectivity index (χ3v) is 4.13. The summed E-state index contributed by atoms with van der Waals surface area (Å²) in [6, 6.07) is 1.62. The Morgan fingerprint density at radius 1 is 1.40 bits per heavy atom. The van der Waals surface area contributed by atoms with Crippen LogP contribution in [0, 0.1) is 0 Å². The van der Waals surface area contributed by atoms with Crippen LogP contribution < -0.4 is 0 Å². The zero-order valence-corrected chi connectivity index (χ0v) is 11.3. The van der Waals surface area contributed by atoms with Crippen molar-refractivity contribution in [3.63, 3.8) is 0 Å². The second-order valence-corrected chi connectivity index (χ2v) is 6.70. The first-order chi connectivity index (χ1) is 6.79. The maximum atomic E-state index is 11.9. The van der Waals surface area contributed by atoms with Crippen molar-refractivity contribution in [2.24, 2.45) is 0 Å². The molecule has 0 saturated carbocycles. The fourth-order valence-electron chi connectivity index (χ4n) is 1.04. The Bertz CT molecular complexity index is 337. The topological polar surface area (TPSA) is 20.2 Å². The van der Waals surface area contributed by atoms with Gasteiger partial charge in [0.05, 0.1) is 13.7 Å². The average molecular weight is 368 g/mol. The molecule has 7 heteroatoms. The average Bonchev–Trinajstić information content (AvgIpc) is 2.40. The van der Waals surface area contributed by atoms with Crippen LogP contribution in [0.1, 0.15) is 24.5 Å². The van der Waals surface area contributed by atoms with E-state index in [1.807, 2.05) is 0 Å².